The fourth-order valence-corrected chi connectivity index (χ4v) is 4.61. The van der Waals surface area contributed by atoms with Gasteiger partial charge in [-0.15, -0.1) is 0 Å². The van der Waals surface area contributed by atoms with Gasteiger partial charge in [0.1, 0.15) is 23.1 Å². The number of aliphatic carboxylic acids is 3. The van der Waals surface area contributed by atoms with Crippen LogP contribution in [-0.2, 0) is 19.2 Å². The third-order valence-corrected chi connectivity index (χ3v) is 7.33. The molecule has 0 unspecified atom stereocenters. The summed E-state index contributed by atoms with van der Waals surface area (Å²) in [5, 5.41) is 51.5. The topological polar surface area (TPSA) is 206 Å². The molecule has 0 aliphatic heterocycles. The highest BCUT2D eigenvalue weighted by molar-refractivity contribution is 5.73. The molecule has 276 valence electrons. The molecule has 0 atom stereocenters. The zero-order valence-corrected chi connectivity index (χ0v) is 28.6. The molecule has 0 saturated carbocycles. The zero-order valence-electron chi connectivity index (χ0n) is 28.6. The third-order valence-electron chi connectivity index (χ3n) is 7.33. The van der Waals surface area contributed by atoms with Crippen LogP contribution in [0, 0.1) is 34.3 Å². The van der Waals surface area contributed by atoms with Crippen LogP contribution < -0.4 is 4.74 Å². The van der Waals surface area contributed by atoms with E-state index >= 15 is 0 Å². The number of unbranched alkanes of at least 4 members (excludes halogenated alkanes) is 4. The van der Waals surface area contributed by atoms with Gasteiger partial charge in [-0.1, -0.05) is 37.1 Å². The van der Waals surface area contributed by atoms with Crippen LogP contribution in [0.4, 0.5) is 8.78 Å². The van der Waals surface area contributed by atoms with E-state index in [1.165, 1.54) is 24.3 Å². The Morgan fingerprint density at radius 1 is 0.547 bits per heavy atom. The van der Waals surface area contributed by atoms with E-state index in [1.807, 2.05) is 12.1 Å². The number of phenols is 1. The quantitative estimate of drug-likeness (QED) is 0.0519. The molecule has 4 rings (SSSR count). The first-order valence-electron chi connectivity index (χ1n) is 16.5. The summed E-state index contributed by atoms with van der Waals surface area (Å²) in [6.07, 6.45) is 3.99. The van der Waals surface area contributed by atoms with E-state index in [2.05, 4.69) is 0 Å². The van der Waals surface area contributed by atoms with Crippen LogP contribution in [0.25, 0.3) is 22.3 Å². The number of carboxylic acid groups (broad SMARTS) is 3. The Hall–Kier alpha value is -6.60. The molecule has 0 aromatic heterocycles. The molecule has 53 heavy (non-hydrogen) atoms. The van der Waals surface area contributed by atoms with Gasteiger partial charge in [-0.05, 0) is 85.3 Å². The van der Waals surface area contributed by atoms with Crippen molar-refractivity contribution in [2.24, 2.45) is 0 Å². The Kier molecular flexibility index (Phi) is 18.5. The molecule has 4 aromatic carbocycles. The van der Waals surface area contributed by atoms with E-state index in [9.17, 15) is 28.0 Å². The van der Waals surface area contributed by atoms with Crippen molar-refractivity contribution in [2.45, 2.75) is 64.2 Å². The highest BCUT2D eigenvalue weighted by Crippen LogP contribution is 2.27. The highest BCUT2D eigenvalue weighted by Gasteiger charge is 2.11. The second-order valence-corrected chi connectivity index (χ2v) is 11.5. The fraction of sp³-hybridized carbons (Fsp3) is 0.250. The molecule has 0 saturated heterocycles. The lowest BCUT2D eigenvalue weighted by Crippen LogP contribution is -2.08. The Morgan fingerprint density at radius 2 is 0.943 bits per heavy atom. The molecule has 4 aromatic rings. The normalized spacial score (nSPS) is 9.89. The number of halogens is 2. The Balaban J connectivity index is 0.000000306. The summed E-state index contributed by atoms with van der Waals surface area (Å²) in [6.45, 7) is 0. The van der Waals surface area contributed by atoms with Gasteiger partial charge in [0.25, 0.3) is 0 Å². The number of nitriles is 2. The minimum atomic E-state index is -0.856. The molecule has 0 amide bonds. The monoisotopic (exact) mass is 728 g/mol. The molecule has 4 N–H and O–H groups in total. The number of benzene rings is 4. The van der Waals surface area contributed by atoms with Crippen molar-refractivity contribution < 1.29 is 53.1 Å². The lowest BCUT2D eigenvalue weighted by molar-refractivity contribution is -0.138. The van der Waals surface area contributed by atoms with Gasteiger partial charge in [-0.25, -0.2) is 8.78 Å². The molecule has 11 nitrogen and oxygen atoms in total. The summed E-state index contributed by atoms with van der Waals surface area (Å²) in [4.78, 5) is 42.1. The average Bonchev–Trinajstić information content (AvgIpc) is 3.12. The number of phenolic OH excluding ortho intramolecular Hbond substituents is 1. The predicted molar refractivity (Wildman–Crippen MR) is 189 cm³/mol. The number of nitrogens with zero attached hydrogens (tertiary/aromatic N) is 2. The average molecular weight is 729 g/mol. The van der Waals surface area contributed by atoms with Gasteiger partial charge in [0, 0.05) is 48.9 Å². The minimum Gasteiger partial charge on any atom is -0.508 e. The lowest BCUT2D eigenvalue weighted by Gasteiger charge is -2.08. The van der Waals surface area contributed by atoms with Gasteiger partial charge < -0.3 is 25.2 Å². The molecule has 0 bridgehead atoms. The van der Waals surface area contributed by atoms with Crippen LogP contribution in [0.1, 0.15) is 75.3 Å². The molecule has 0 fully saturated rings. The molecule has 0 aliphatic rings. The molecule has 0 radical (unpaired) electrons. The van der Waals surface area contributed by atoms with Crippen LogP contribution in [0.15, 0.2) is 84.9 Å². The van der Waals surface area contributed by atoms with Gasteiger partial charge >= 0.3 is 23.9 Å². The maximum Gasteiger partial charge on any atom is 0.311 e. The van der Waals surface area contributed by atoms with Gasteiger partial charge in [0.15, 0.2) is 0 Å². The standard InChI is InChI=1S/C20H18FNO4.C13H8FNO.C7H12O4/c21-18-12-16(26-20(25)5-3-1-2-4-19(23)24)10-11-17(18)15-8-6-14(13-22)7-9-15;14-13-7-11(16)5-6-12(13)10-3-1-9(8-15)2-4-10;8-6(9)4-2-1-3-5-7(10)11/h6-12H,1-5H2,(H,23,24);1-7,16H;1-5H2,(H,8,9)(H,10,11). The number of carbonyl (C=O) groups excluding carboxylic acids is 1. The summed E-state index contributed by atoms with van der Waals surface area (Å²) >= 11 is 0. The van der Waals surface area contributed by atoms with Gasteiger partial charge in [0.05, 0.1) is 23.3 Å². The summed E-state index contributed by atoms with van der Waals surface area (Å²) in [5.74, 6) is -3.96. The maximum atomic E-state index is 14.3. The molecule has 0 heterocycles. The van der Waals surface area contributed by atoms with E-state index in [1.54, 1.807) is 48.5 Å². The molecular weight excluding hydrogens is 690 g/mol. The first-order chi connectivity index (χ1) is 25.3. The summed E-state index contributed by atoms with van der Waals surface area (Å²) < 4.78 is 32.9. The van der Waals surface area contributed by atoms with E-state index < -0.39 is 35.5 Å². The van der Waals surface area contributed by atoms with E-state index in [0.717, 1.165) is 12.1 Å². The van der Waals surface area contributed by atoms with Gasteiger partial charge in [-0.2, -0.15) is 10.5 Å². The maximum absolute atomic E-state index is 14.3. The second-order valence-electron chi connectivity index (χ2n) is 11.5. The first-order valence-corrected chi connectivity index (χ1v) is 16.5. The van der Waals surface area contributed by atoms with Crippen molar-refractivity contribution in [3.05, 3.63) is 108 Å². The van der Waals surface area contributed by atoms with Crippen LogP contribution in [0.5, 0.6) is 11.5 Å². The summed E-state index contributed by atoms with van der Waals surface area (Å²) in [6, 6.07) is 25.3. The fourth-order valence-electron chi connectivity index (χ4n) is 4.61. The molecule has 0 spiro atoms. The van der Waals surface area contributed by atoms with Crippen molar-refractivity contribution >= 4 is 23.9 Å². The van der Waals surface area contributed by atoms with Gasteiger partial charge in [-0.3, -0.25) is 19.2 Å². The van der Waals surface area contributed by atoms with Crippen LogP contribution >= 0.6 is 0 Å². The molecule has 13 heteroatoms. The predicted octanol–water partition coefficient (Wildman–Crippen LogP) is 8.48. The first kappa shape index (κ1) is 42.6. The van der Waals surface area contributed by atoms with Crippen molar-refractivity contribution in [1.82, 2.24) is 0 Å². The number of hydrogen-bond donors (Lipinski definition) is 4. The summed E-state index contributed by atoms with van der Waals surface area (Å²) in [5.41, 5.74) is 3.07. The smallest absolute Gasteiger partial charge is 0.311 e. The summed E-state index contributed by atoms with van der Waals surface area (Å²) in [7, 11) is 0. The zero-order chi connectivity index (χ0) is 39.2. The van der Waals surface area contributed by atoms with E-state index in [-0.39, 0.29) is 37.2 Å². The third kappa shape index (κ3) is 16.8. The van der Waals surface area contributed by atoms with Crippen LogP contribution in [0.2, 0.25) is 0 Å². The number of hydrogen-bond acceptors (Lipinski definition) is 8. The lowest BCUT2D eigenvalue weighted by atomic mass is 10.0. The van der Waals surface area contributed by atoms with Gasteiger partial charge in [0.2, 0.25) is 0 Å². The van der Waals surface area contributed by atoms with Crippen molar-refractivity contribution in [3.8, 4) is 45.9 Å². The van der Waals surface area contributed by atoms with Crippen LogP contribution in [0.3, 0.4) is 0 Å². The van der Waals surface area contributed by atoms with Crippen molar-refractivity contribution in [3.63, 3.8) is 0 Å². The largest absolute Gasteiger partial charge is 0.508 e. The molecular formula is C40H38F2N2O9. The minimum absolute atomic E-state index is 0.0804. The van der Waals surface area contributed by atoms with Crippen molar-refractivity contribution in [2.75, 3.05) is 0 Å². The SMILES string of the molecule is N#Cc1ccc(-c2ccc(O)cc2F)cc1.N#Cc1ccc(-c2ccc(OC(=O)CCCCCC(=O)O)cc2F)cc1.O=C(O)CCCCCC(=O)O. The van der Waals surface area contributed by atoms with E-state index in [0.29, 0.717) is 71.9 Å². The number of ether oxygens (including phenoxy) is 1. The van der Waals surface area contributed by atoms with Crippen LogP contribution in [-0.4, -0.2) is 44.3 Å². The number of rotatable bonds is 15. The Labute approximate surface area is 305 Å². The number of carbonyl (C=O) groups is 4. The second kappa shape index (κ2) is 23.0. The molecule has 0 aliphatic carbocycles. The Bertz CT molecular complexity index is 1900. The Morgan fingerprint density at radius 3 is 1.32 bits per heavy atom. The number of carboxylic acids is 3. The number of esters is 1. The highest BCUT2D eigenvalue weighted by atomic mass is 19.1. The van der Waals surface area contributed by atoms with E-state index in [4.69, 9.17) is 35.7 Å². The van der Waals surface area contributed by atoms with Crippen molar-refractivity contribution in [1.29, 1.82) is 10.5 Å². The number of aromatic hydroxyl groups is 1.